The van der Waals surface area contributed by atoms with Crippen molar-refractivity contribution in [2.45, 2.75) is 13.0 Å². The standard InChI is InChI=1S/C14H14F2N2/c1-9-3-2-4-10(7-9)14(18-17)12-6-5-11(15)8-13(12)16/h2-8,14,18H,17H2,1H3. The van der Waals surface area contributed by atoms with Gasteiger partial charge in [-0.2, -0.15) is 0 Å². The van der Waals surface area contributed by atoms with E-state index >= 15 is 0 Å². The Labute approximate surface area is 104 Å². The van der Waals surface area contributed by atoms with Gasteiger partial charge in [0.15, 0.2) is 0 Å². The van der Waals surface area contributed by atoms with E-state index in [1.807, 2.05) is 31.2 Å². The quantitative estimate of drug-likeness (QED) is 0.647. The minimum Gasteiger partial charge on any atom is -0.271 e. The van der Waals surface area contributed by atoms with Gasteiger partial charge in [-0.15, -0.1) is 0 Å². The fourth-order valence-electron chi connectivity index (χ4n) is 1.95. The Kier molecular flexibility index (Phi) is 3.69. The highest BCUT2D eigenvalue weighted by Gasteiger charge is 2.16. The largest absolute Gasteiger partial charge is 0.271 e. The van der Waals surface area contributed by atoms with Gasteiger partial charge in [0.1, 0.15) is 11.6 Å². The van der Waals surface area contributed by atoms with Crippen LogP contribution in [0.25, 0.3) is 0 Å². The molecule has 2 aromatic carbocycles. The number of hydrazine groups is 1. The zero-order valence-corrected chi connectivity index (χ0v) is 9.95. The van der Waals surface area contributed by atoms with E-state index < -0.39 is 17.7 Å². The number of nitrogens with two attached hydrogens (primary N) is 1. The van der Waals surface area contributed by atoms with Gasteiger partial charge in [-0.05, 0) is 18.6 Å². The van der Waals surface area contributed by atoms with Gasteiger partial charge in [-0.25, -0.2) is 14.2 Å². The summed E-state index contributed by atoms with van der Waals surface area (Å²) >= 11 is 0. The van der Waals surface area contributed by atoms with Crippen LogP contribution in [0.4, 0.5) is 8.78 Å². The summed E-state index contributed by atoms with van der Waals surface area (Å²) in [4.78, 5) is 0. The molecule has 0 saturated heterocycles. The molecule has 94 valence electrons. The second-order valence-electron chi connectivity index (χ2n) is 4.18. The molecule has 2 aromatic rings. The van der Waals surface area contributed by atoms with Crippen molar-refractivity contribution in [2.75, 3.05) is 0 Å². The maximum atomic E-state index is 13.7. The lowest BCUT2D eigenvalue weighted by Crippen LogP contribution is -2.29. The zero-order valence-electron chi connectivity index (χ0n) is 9.95. The Morgan fingerprint density at radius 1 is 1.11 bits per heavy atom. The molecule has 0 aliphatic carbocycles. The van der Waals surface area contributed by atoms with Crippen LogP contribution in [0.3, 0.4) is 0 Å². The van der Waals surface area contributed by atoms with Gasteiger partial charge in [-0.1, -0.05) is 35.9 Å². The molecule has 1 atom stereocenters. The summed E-state index contributed by atoms with van der Waals surface area (Å²) in [6.07, 6.45) is 0. The predicted molar refractivity (Wildman–Crippen MR) is 66.7 cm³/mol. The number of rotatable bonds is 3. The van der Waals surface area contributed by atoms with E-state index in [2.05, 4.69) is 5.43 Å². The van der Waals surface area contributed by atoms with Crippen molar-refractivity contribution in [3.63, 3.8) is 0 Å². The smallest absolute Gasteiger partial charge is 0.131 e. The van der Waals surface area contributed by atoms with Gasteiger partial charge < -0.3 is 0 Å². The molecule has 2 rings (SSSR count). The maximum absolute atomic E-state index is 13.7. The van der Waals surface area contributed by atoms with Crippen LogP contribution in [0.15, 0.2) is 42.5 Å². The van der Waals surface area contributed by atoms with Gasteiger partial charge in [0.25, 0.3) is 0 Å². The number of aryl methyl sites for hydroxylation is 1. The molecule has 0 radical (unpaired) electrons. The Morgan fingerprint density at radius 3 is 2.50 bits per heavy atom. The summed E-state index contributed by atoms with van der Waals surface area (Å²) < 4.78 is 26.6. The summed E-state index contributed by atoms with van der Waals surface area (Å²) in [7, 11) is 0. The Bertz CT molecular complexity index is 555. The van der Waals surface area contributed by atoms with Crippen LogP contribution in [0.5, 0.6) is 0 Å². The monoisotopic (exact) mass is 248 g/mol. The topological polar surface area (TPSA) is 38.0 Å². The molecule has 0 amide bonds. The predicted octanol–water partition coefficient (Wildman–Crippen LogP) is 2.83. The van der Waals surface area contributed by atoms with E-state index in [-0.39, 0.29) is 0 Å². The second-order valence-corrected chi connectivity index (χ2v) is 4.18. The van der Waals surface area contributed by atoms with Crippen molar-refractivity contribution in [1.29, 1.82) is 0 Å². The first-order valence-corrected chi connectivity index (χ1v) is 5.59. The van der Waals surface area contributed by atoms with Crippen molar-refractivity contribution in [3.8, 4) is 0 Å². The molecule has 3 N–H and O–H groups in total. The third-order valence-corrected chi connectivity index (χ3v) is 2.82. The molecule has 0 aliphatic rings. The van der Waals surface area contributed by atoms with Crippen molar-refractivity contribution < 1.29 is 8.78 Å². The average Bonchev–Trinajstić information content (AvgIpc) is 2.33. The highest BCUT2D eigenvalue weighted by atomic mass is 19.1. The molecule has 18 heavy (non-hydrogen) atoms. The summed E-state index contributed by atoms with van der Waals surface area (Å²) in [6, 6.07) is 10.6. The van der Waals surface area contributed by atoms with Gasteiger partial charge in [-0.3, -0.25) is 5.84 Å². The van der Waals surface area contributed by atoms with Crippen LogP contribution in [0.2, 0.25) is 0 Å². The Balaban J connectivity index is 2.45. The maximum Gasteiger partial charge on any atom is 0.131 e. The van der Waals surface area contributed by atoms with E-state index in [1.165, 1.54) is 12.1 Å². The molecule has 4 heteroatoms. The normalized spacial score (nSPS) is 12.4. The second kappa shape index (κ2) is 5.25. The van der Waals surface area contributed by atoms with Crippen molar-refractivity contribution in [2.24, 2.45) is 5.84 Å². The first kappa shape index (κ1) is 12.7. The summed E-state index contributed by atoms with van der Waals surface area (Å²) in [5.41, 5.74) is 4.77. The number of nitrogens with one attached hydrogen (secondary N) is 1. The van der Waals surface area contributed by atoms with E-state index in [4.69, 9.17) is 5.84 Å². The van der Waals surface area contributed by atoms with Crippen LogP contribution >= 0.6 is 0 Å². The van der Waals surface area contributed by atoms with Gasteiger partial charge in [0, 0.05) is 11.6 Å². The molecule has 0 aliphatic heterocycles. The SMILES string of the molecule is Cc1cccc(C(NN)c2ccc(F)cc2F)c1. The molecule has 0 bridgehead atoms. The number of halogens is 2. The number of hydrogen-bond donors (Lipinski definition) is 2. The highest BCUT2D eigenvalue weighted by Crippen LogP contribution is 2.24. The summed E-state index contributed by atoms with van der Waals surface area (Å²) in [6.45, 7) is 1.94. The first-order chi connectivity index (χ1) is 8.61. The third-order valence-electron chi connectivity index (χ3n) is 2.82. The van der Waals surface area contributed by atoms with E-state index in [1.54, 1.807) is 0 Å². The lowest BCUT2D eigenvalue weighted by Gasteiger charge is -2.18. The van der Waals surface area contributed by atoms with E-state index in [0.717, 1.165) is 17.2 Å². The first-order valence-electron chi connectivity index (χ1n) is 5.59. The zero-order chi connectivity index (χ0) is 13.1. The van der Waals surface area contributed by atoms with Crippen LogP contribution in [0, 0.1) is 18.6 Å². The minimum absolute atomic E-state index is 0.324. The number of benzene rings is 2. The van der Waals surface area contributed by atoms with Gasteiger partial charge >= 0.3 is 0 Å². The van der Waals surface area contributed by atoms with Crippen LogP contribution in [-0.2, 0) is 0 Å². The fraction of sp³-hybridized carbons (Fsp3) is 0.143. The lowest BCUT2D eigenvalue weighted by atomic mass is 9.97. The summed E-state index contributed by atoms with van der Waals surface area (Å²) in [5, 5.41) is 0. The van der Waals surface area contributed by atoms with Crippen LogP contribution in [0.1, 0.15) is 22.7 Å². The van der Waals surface area contributed by atoms with Crippen LogP contribution in [-0.4, -0.2) is 0 Å². The van der Waals surface area contributed by atoms with Crippen LogP contribution < -0.4 is 11.3 Å². The van der Waals surface area contributed by atoms with Crippen molar-refractivity contribution >= 4 is 0 Å². The molecule has 0 spiro atoms. The molecule has 0 heterocycles. The average molecular weight is 248 g/mol. The molecule has 1 unspecified atom stereocenters. The van der Waals surface area contributed by atoms with Gasteiger partial charge in [0.2, 0.25) is 0 Å². The van der Waals surface area contributed by atoms with E-state index in [0.29, 0.717) is 5.56 Å². The number of hydrogen-bond acceptors (Lipinski definition) is 2. The van der Waals surface area contributed by atoms with Crippen molar-refractivity contribution in [1.82, 2.24) is 5.43 Å². The molecule has 0 aromatic heterocycles. The molecule has 2 nitrogen and oxygen atoms in total. The molecule has 0 fully saturated rings. The Hall–Kier alpha value is -1.78. The minimum atomic E-state index is -0.612. The highest BCUT2D eigenvalue weighted by molar-refractivity contribution is 5.34. The fourth-order valence-corrected chi connectivity index (χ4v) is 1.95. The molecular weight excluding hydrogens is 234 g/mol. The Morgan fingerprint density at radius 2 is 1.89 bits per heavy atom. The third kappa shape index (κ3) is 2.55. The van der Waals surface area contributed by atoms with Crippen molar-refractivity contribution in [3.05, 3.63) is 70.8 Å². The van der Waals surface area contributed by atoms with Gasteiger partial charge in [0.05, 0.1) is 6.04 Å². The summed E-state index contributed by atoms with van der Waals surface area (Å²) in [5.74, 6) is 4.27. The molecule has 0 saturated carbocycles. The lowest BCUT2D eigenvalue weighted by molar-refractivity contribution is 0.541. The van der Waals surface area contributed by atoms with E-state index in [9.17, 15) is 8.78 Å². The molecular formula is C14H14F2N2.